The van der Waals surface area contributed by atoms with Gasteiger partial charge in [0.05, 0.1) is 17.2 Å². The second-order valence-electron chi connectivity index (χ2n) is 5.41. The fourth-order valence-electron chi connectivity index (χ4n) is 2.54. The molecular weight excluding hydrogens is 393 g/mol. The maximum atomic E-state index is 12.6. The first-order chi connectivity index (χ1) is 12.6. The van der Waals surface area contributed by atoms with Crippen molar-refractivity contribution in [3.63, 3.8) is 0 Å². The second kappa shape index (κ2) is 6.72. The van der Waals surface area contributed by atoms with Gasteiger partial charge in [-0.2, -0.15) is 9.50 Å². The van der Waals surface area contributed by atoms with Gasteiger partial charge in [0.2, 0.25) is 4.96 Å². The number of para-hydroxylation sites is 1. The van der Waals surface area contributed by atoms with Crippen LogP contribution in [0.3, 0.4) is 0 Å². The van der Waals surface area contributed by atoms with Crippen molar-refractivity contribution in [1.29, 1.82) is 0 Å². The molecule has 4 rings (SSSR count). The molecule has 0 saturated heterocycles. The molecule has 5 nitrogen and oxygen atoms in total. The van der Waals surface area contributed by atoms with E-state index in [1.54, 1.807) is 31.4 Å². The van der Waals surface area contributed by atoms with Gasteiger partial charge in [0.1, 0.15) is 5.75 Å². The minimum Gasteiger partial charge on any atom is -0.496 e. The van der Waals surface area contributed by atoms with Gasteiger partial charge in [-0.15, -0.1) is 5.10 Å². The van der Waals surface area contributed by atoms with E-state index in [0.29, 0.717) is 36.7 Å². The fourth-order valence-corrected chi connectivity index (χ4v) is 3.90. The molecule has 2 aromatic heterocycles. The van der Waals surface area contributed by atoms with Gasteiger partial charge in [0, 0.05) is 10.0 Å². The molecule has 0 spiro atoms. The monoisotopic (exact) mass is 403 g/mol. The Kier molecular flexibility index (Phi) is 4.40. The first kappa shape index (κ1) is 17.0. The summed E-state index contributed by atoms with van der Waals surface area (Å²) in [6.07, 6.45) is 1.71. The summed E-state index contributed by atoms with van der Waals surface area (Å²) >= 11 is 13.3. The summed E-state index contributed by atoms with van der Waals surface area (Å²) in [7, 11) is 1.58. The smallest absolute Gasteiger partial charge is 0.291 e. The molecule has 0 aliphatic rings. The van der Waals surface area contributed by atoms with Crippen molar-refractivity contribution in [2.75, 3.05) is 7.11 Å². The number of rotatable bonds is 3. The lowest BCUT2D eigenvalue weighted by Gasteiger charge is -2.03. The number of hydrogen-bond acceptors (Lipinski definition) is 5. The Labute approximate surface area is 162 Å². The molecular formula is C18H11Cl2N3O2S. The van der Waals surface area contributed by atoms with Gasteiger partial charge in [0.25, 0.3) is 5.56 Å². The van der Waals surface area contributed by atoms with Crippen LogP contribution in [0.4, 0.5) is 0 Å². The van der Waals surface area contributed by atoms with E-state index in [4.69, 9.17) is 27.9 Å². The molecule has 0 aliphatic carbocycles. The average Bonchev–Trinajstić information content (AvgIpc) is 3.17. The summed E-state index contributed by atoms with van der Waals surface area (Å²) in [5, 5.41) is 5.36. The number of halogens is 2. The molecule has 4 aromatic rings. The Bertz CT molecular complexity index is 1230. The van der Waals surface area contributed by atoms with Gasteiger partial charge in [-0.25, -0.2) is 0 Å². The third-order valence-electron chi connectivity index (χ3n) is 3.78. The van der Waals surface area contributed by atoms with Crippen molar-refractivity contribution in [1.82, 2.24) is 14.6 Å². The van der Waals surface area contributed by atoms with Crippen molar-refractivity contribution < 1.29 is 4.74 Å². The van der Waals surface area contributed by atoms with Gasteiger partial charge in [0.15, 0.2) is 5.82 Å². The number of benzene rings is 2. The van der Waals surface area contributed by atoms with Crippen LogP contribution in [-0.4, -0.2) is 21.7 Å². The molecule has 0 N–H and O–H groups in total. The standard InChI is InChI=1S/C18H11Cl2N3O2S/c1-25-14-5-3-2-4-12(14)16-21-18-23(22-16)17(24)15(26-18)8-10-6-7-11(19)9-13(10)20/h2-9H,1H3/b15-8-. The molecule has 0 unspecified atom stereocenters. The Morgan fingerprint density at radius 3 is 2.73 bits per heavy atom. The maximum absolute atomic E-state index is 12.6. The lowest BCUT2D eigenvalue weighted by molar-refractivity contribution is 0.416. The zero-order chi connectivity index (χ0) is 18.3. The number of aromatic nitrogens is 3. The van der Waals surface area contributed by atoms with E-state index in [0.717, 1.165) is 5.56 Å². The van der Waals surface area contributed by atoms with Gasteiger partial charge in [-0.3, -0.25) is 4.79 Å². The minimum absolute atomic E-state index is 0.246. The largest absolute Gasteiger partial charge is 0.496 e. The molecule has 0 aliphatic heterocycles. The lowest BCUT2D eigenvalue weighted by atomic mass is 10.2. The van der Waals surface area contributed by atoms with Gasteiger partial charge >= 0.3 is 0 Å². The van der Waals surface area contributed by atoms with Crippen LogP contribution in [0.15, 0.2) is 47.3 Å². The highest BCUT2D eigenvalue weighted by molar-refractivity contribution is 7.15. The first-order valence-electron chi connectivity index (χ1n) is 7.56. The minimum atomic E-state index is -0.246. The molecule has 8 heteroatoms. The van der Waals surface area contributed by atoms with Crippen LogP contribution in [0.1, 0.15) is 5.56 Å². The van der Waals surface area contributed by atoms with Crippen LogP contribution in [0.25, 0.3) is 22.4 Å². The van der Waals surface area contributed by atoms with E-state index in [1.807, 2.05) is 24.3 Å². The Morgan fingerprint density at radius 1 is 1.19 bits per heavy atom. The fraction of sp³-hybridized carbons (Fsp3) is 0.0556. The summed E-state index contributed by atoms with van der Waals surface area (Å²) < 4.78 is 7.12. The number of ether oxygens (including phenoxy) is 1. The topological polar surface area (TPSA) is 56.5 Å². The summed E-state index contributed by atoms with van der Waals surface area (Å²) in [6.45, 7) is 0. The third kappa shape index (κ3) is 2.96. The summed E-state index contributed by atoms with van der Waals surface area (Å²) in [4.78, 5) is 17.6. The Balaban J connectivity index is 1.84. The van der Waals surface area contributed by atoms with Crippen molar-refractivity contribution in [3.8, 4) is 17.1 Å². The van der Waals surface area contributed by atoms with Crippen LogP contribution >= 0.6 is 34.5 Å². The molecule has 0 atom stereocenters. The first-order valence-corrected chi connectivity index (χ1v) is 9.14. The number of hydrogen-bond donors (Lipinski definition) is 0. The van der Waals surface area contributed by atoms with Gasteiger partial charge < -0.3 is 4.74 Å². The normalized spacial score (nSPS) is 12.0. The molecule has 0 saturated carbocycles. The highest BCUT2D eigenvalue weighted by Crippen LogP contribution is 2.27. The summed E-state index contributed by atoms with van der Waals surface area (Å²) in [5.41, 5.74) is 1.20. The highest BCUT2D eigenvalue weighted by atomic mass is 35.5. The zero-order valence-corrected chi connectivity index (χ0v) is 15.8. The van der Waals surface area contributed by atoms with Crippen molar-refractivity contribution in [3.05, 3.63) is 73.0 Å². The average molecular weight is 404 g/mol. The van der Waals surface area contributed by atoms with E-state index in [1.165, 1.54) is 15.9 Å². The number of fused-ring (bicyclic) bond motifs is 1. The quantitative estimate of drug-likeness (QED) is 0.523. The van der Waals surface area contributed by atoms with Crippen LogP contribution in [-0.2, 0) is 0 Å². The highest BCUT2D eigenvalue weighted by Gasteiger charge is 2.15. The van der Waals surface area contributed by atoms with Gasteiger partial charge in [-0.05, 0) is 35.9 Å². The van der Waals surface area contributed by atoms with Crippen molar-refractivity contribution in [2.24, 2.45) is 0 Å². The zero-order valence-electron chi connectivity index (χ0n) is 13.4. The van der Waals surface area contributed by atoms with Crippen LogP contribution < -0.4 is 14.8 Å². The number of thiazole rings is 1. The molecule has 0 fully saturated rings. The van der Waals surface area contributed by atoms with Crippen molar-refractivity contribution >= 4 is 45.6 Å². The van der Waals surface area contributed by atoms with Crippen molar-refractivity contribution in [2.45, 2.75) is 0 Å². The Morgan fingerprint density at radius 2 is 2.00 bits per heavy atom. The summed E-state index contributed by atoms with van der Waals surface area (Å²) in [5.74, 6) is 1.10. The Hall–Kier alpha value is -2.41. The molecule has 130 valence electrons. The van der Waals surface area contributed by atoms with Crippen LogP contribution in [0.5, 0.6) is 5.75 Å². The third-order valence-corrected chi connectivity index (χ3v) is 5.30. The molecule has 0 radical (unpaired) electrons. The van der Waals surface area contributed by atoms with Gasteiger partial charge in [-0.1, -0.05) is 52.7 Å². The lowest BCUT2D eigenvalue weighted by Crippen LogP contribution is -2.23. The van der Waals surface area contributed by atoms with E-state index < -0.39 is 0 Å². The SMILES string of the molecule is COc1ccccc1-c1nc2s/c(=C\c3ccc(Cl)cc3Cl)c(=O)n2n1. The van der Waals surface area contributed by atoms with E-state index in [2.05, 4.69) is 10.1 Å². The predicted molar refractivity (Wildman–Crippen MR) is 104 cm³/mol. The number of nitrogens with zero attached hydrogens (tertiary/aromatic N) is 3. The molecule has 2 heterocycles. The maximum Gasteiger partial charge on any atom is 0.291 e. The molecule has 26 heavy (non-hydrogen) atoms. The molecule has 2 aromatic carbocycles. The number of methoxy groups -OCH3 is 1. The van der Waals surface area contributed by atoms with E-state index in [-0.39, 0.29) is 5.56 Å². The van der Waals surface area contributed by atoms with E-state index in [9.17, 15) is 4.79 Å². The van der Waals surface area contributed by atoms with Crippen LogP contribution in [0, 0.1) is 0 Å². The second-order valence-corrected chi connectivity index (χ2v) is 7.26. The predicted octanol–water partition coefficient (Wildman–Crippen LogP) is 3.68. The molecule has 0 bridgehead atoms. The summed E-state index contributed by atoms with van der Waals surface area (Å²) in [6, 6.07) is 12.5. The van der Waals surface area contributed by atoms with Crippen LogP contribution in [0.2, 0.25) is 10.0 Å². The molecule has 0 amide bonds. The van der Waals surface area contributed by atoms with E-state index >= 15 is 0 Å².